The Morgan fingerprint density at radius 1 is 1.69 bits per heavy atom. The molecule has 1 heterocycles. The number of carbonyl (C=O) groups excluding carboxylic acids is 2. The Labute approximate surface area is 78.3 Å². The van der Waals surface area contributed by atoms with Gasteiger partial charge in [-0.15, -0.1) is 0 Å². The average Bonchev–Trinajstić information content (AvgIpc) is 2.27. The highest BCUT2D eigenvalue weighted by Crippen LogP contribution is 2.17. The number of amides is 1. The van der Waals surface area contributed by atoms with Gasteiger partial charge in [0, 0.05) is 6.92 Å². The first-order valence-electron chi connectivity index (χ1n) is 4.28. The van der Waals surface area contributed by atoms with Crippen molar-refractivity contribution >= 4 is 11.7 Å². The van der Waals surface area contributed by atoms with Crippen molar-refractivity contribution in [3.05, 3.63) is 6.92 Å². The molecule has 1 rings (SSSR count). The summed E-state index contributed by atoms with van der Waals surface area (Å²) in [6, 6.07) is -0.429. The molecule has 0 aromatic rings. The first-order valence-corrected chi connectivity index (χ1v) is 4.28. The highest BCUT2D eigenvalue weighted by molar-refractivity contribution is 5.95. The van der Waals surface area contributed by atoms with Crippen molar-refractivity contribution in [1.29, 1.82) is 0 Å². The van der Waals surface area contributed by atoms with Crippen LogP contribution in [0.4, 0.5) is 0 Å². The summed E-state index contributed by atoms with van der Waals surface area (Å²) in [4.78, 5) is 24.1. The fourth-order valence-corrected chi connectivity index (χ4v) is 1.28. The number of nitrogens with one attached hydrogen (secondary N) is 1. The van der Waals surface area contributed by atoms with Crippen LogP contribution < -0.4 is 5.32 Å². The van der Waals surface area contributed by atoms with Gasteiger partial charge in [-0.1, -0.05) is 0 Å². The summed E-state index contributed by atoms with van der Waals surface area (Å²) in [5, 5.41) is 3.03. The molecule has 0 aliphatic carbocycles. The van der Waals surface area contributed by atoms with Crippen molar-refractivity contribution in [2.24, 2.45) is 0 Å². The van der Waals surface area contributed by atoms with Crippen LogP contribution in [0.5, 0.6) is 0 Å². The van der Waals surface area contributed by atoms with Crippen molar-refractivity contribution in [3.63, 3.8) is 0 Å². The van der Waals surface area contributed by atoms with Crippen LogP contribution in [0.25, 0.3) is 0 Å². The maximum atomic E-state index is 11.7. The smallest absolute Gasteiger partial charge is 0.243 e. The standard InChI is InChI=1S/C9H15N2O2/c1-6(7(2)12)11-5-10-9(3,4)8(11)13/h6,10H,2,5H2,1,3-4H3. The summed E-state index contributed by atoms with van der Waals surface area (Å²) in [5.74, 6) is -0.273. The third-order valence-corrected chi connectivity index (χ3v) is 2.42. The van der Waals surface area contributed by atoms with Gasteiger partial charge >= 0.3 is 0 Å². The molecule has 0 aromatic heterocycles. The van der Waals surface area contributed by atoms with E-state index in [2.05, 4.69) is 12.2 Å². The summed E-state index contributed by atoms with van der Waals surface area (Å²) in [7, 11) is 0. The van der Waals surface area contributed by atoms with E-state index in [1.165, 1.54) is 4.90 Å². The van der Waals surface area contributed by atoms with E-state index in [1.807, 2.05) is 0 Å². The summed E-state index contributed by atoms with van der Waals surface area (Å²) < 4.78 is 0. The van der Waals surface area contributed by atoms with Gasteiger partial charge in [-0.3, -0.25) is 14.9 Å². The number of carbonyl (C=O) groups is 2. The maximum Gasteiger partial charge on any atom is 0.243 e. The zero-order valence-corrected chi connectivity index (χ0v) is 8.26. The molecule has 1 radical (unpaired) electrons. The molecule has 4 nitrogen and oxygen atoms in total. The van der Waals surface area contributed by atoms with Crippen LogP contribution >= 0.6 is 0 Å². The topological polar surface area (TPSA) is 49.4 Å². The van der Waals surface area contributed by atoms with Gasteiger partial charge in [-0.2, -0.15) is 0 Å². The van der Waals surface area contributed by atoms with Crippen LogP contribution in [0.1, 0.15) is 20.8 Å². The molecular weight excluding hydrogens is 168 g/mol. The number of nitrogens with zero attached hydrogens (tertiary/aromatic N) is 1. The van der Waals surface area contributed by atoms with E-state index in [9.17, 15) is 9.59 Å². The monoisotopic (exact) mass is 183 g/mol. The van der Waals surface area contributed by atoms with Gasteiger partial charge in [0.2, 0.25) is 5.91 Å². The van der Waals surface area contributed by atoms with Gasteiger partial charge in [0.15, 0.2) is 5.78 Å². The van der Waals surface area contributed by atoms with E-state index in [0.29, 0.717) is 6.67 Å². The number of hydrogen-bond acceptors (Lipinski definition) is 3. The highest BCUT2D eigenvalue weighted by Gasteiger charge is 2.40. The maximum absolute atomic E-state index is 11.7. The molecule has 0 aromatic carbocycles. The van der Waals surface area contributed by atoms with E-state index in [1.54, 1.807) is 20.8 Å². The normalized spacial score (nSPS) is 23.4. The molecule has 1 aliphatic heterocycles. The molecule has 4 heteroatoms. The average molecular weight is 183 g/mol. The van der Waals surface area contributed by atoms with Gasteiger partial charge < -0.3 is 4.90 Å². The molecule has 1 aliphatic rings. The minimum atomic E-state index is -0.552. The Morgan fingerprint density at radius 2 is 2.23 bits per heavy atom. The summed E-state index contributed by atoms with van der Waals surface area (Å²) in [6.07, 6.45) is 0. The second-order valence-corrected chi connectivity index (χ2v) is 3.88. The van der Waals surface area contributed by atoms with Crippen molar-refractivity contribution in [3.8, 4) is 0 Å². The first-order chi connectivity index (χ1) is 5.86. The summed E-state index contributed by atoms with van der Waals surface area (Å²) in [5.41, 5.74) is -0.552. The van der Waals surface area contributed by atoms with E-state index in [4.69, 9.17) is 0 Å². The van der Waals surface area contributed by atoms with E-state index < -0.39 is 11.6 Å². The predicted molar refractivity (Wildman–Crippen MR) is 48.8 cm³/mol. The quantitative estimate of drug-likeness (QED) is 0.652. The molecule has 0 spiro atoms. The lowest BCUT2D eigenvalue weighted by atomic mass is 10.1. The van der Waals surface area contributed by atoms with Crippen molar-refractivity contribution < 1.29 is 9.59 Å². The number of hydrogen-bond donors (Lipinski definition) is 1. The zero-order chi connectivity index (χ0) is 10.2. The molecule has 0 saturated carbocycles. The number of ketones is 1. The SMILES string of the molecule is [CH2]C(=O)C(C)N1CNC(C)(C)C1=O. The lowest BCUT2D eigenvalue weighted by molar-refractivity contribution is -0.136. The summed E-state index contributed by atoms with van der Waals surface area (Å²) in [6.45, 7) is 9.02. The Bertz CT molecular complexity index is 248. The molecular formula is C9H15N2O2. The molecule has 13 heavy (non-hydrogen) atoms. The second-order valence-electron chi connectivity index (χ2n) is 3.88. The Kier molecular flexibility index (Phi) is 2.43. The Balaban J connectivity index is 2.76. The fourth-order valence-electron chi connectivity index (χ4n) is 1.28. The van der Waals surface area contributed by atoms with E-state index >= 15 is 0 Å². The molecule has 1 saturated heterocycles. The molecule has 0 bridgehead atoms. The van der Waals surface area contributed by atoms with E-state index in [-0.39, 0.29) is 11.7 Å². The molecule has 1 atom stereocenters. The first kappa shape index (κ1) is 10.2. The van der Waals surface area contributed by atoms with Gasteiger partial charge in [0.25, 0.3) is 0 Å². The Hall–Kier alpha value is -0.900. The van der Waals surface area contributed by atoms with E-state index in [0.717, 1.165) is 0 Å². The zero-order valence-electron chi connectivity index (χ0n) is 8.26. The lowest BCUT2D eigenvalue weighted by Gasteiger charge is -2.22. The Morgan fingerprint density at radius 3 is 2.54 bits per heavy atom. The van der Waals surface area contributed by atoms with Crippen molar-refractivity contribution in [2.75, 3.05) is 6.67 Å². The number of Topliss-reactive ketones (excluding diaryl/α,β-unsaturated/α-hetero) is 1. The predicted octanol–water partition coefficient (Wildman–Crippen LogP) is -0.0540. The minimum Gasteiger partial charge on any atom is -0.319 e. The fraction of sp³-hybridized carbons (Fsp3) is 0.667. The van der Waals surface area contributed by atoms with Gasteiger partial charge in [-0.25, -0.2) is 0 Å². The molecule has 1 N–H and O–H groups in total. The summed E-state index contributed by atoms with van der Waals surface area (Å²) >= 11 is 0. The van der Waals surface area contributed by atoms with Crippen LogP contribution in [0.2, 0.25) is 0 Å². The van der Waals surface area contributed by atoms with Gasteiger partial charge in [-0.05, 0) is 20.8 Å². The third-order valence-electron chi connectivity index (χ3n) is 2.42. The van der Waals surface area contributed by atoms with Crippen LogP contribution in [-0.4, -0.2) is 34.8 Å². The molecule has 73 valence electrons. The van der Waals surface area contributed by atoms with Crippen LogP contribution in [0.3, 0.4) is 0 Å². The van der Waals surface area contributed by atoms with Crippen molar-refractivity contribution in [1.82, 2.24) is 10.2 Å². The number of rotatable bonds is 2. The largest absolute Gasteiger partial charge is 0.319 e. The second kappa shape index (κ2) is 3.10. The molecule has 1 fully saturated rings. The highest BCUT2D eigenvalue weighted by atomic mass is 16.2. The van der Waals surface area contributed by atoms with Gasteiger partial charge in [0.05, 0.1) is 18.2 Å². The van der Waals surface area contributed by atoms with Crippen LogP contribution in [0, 0.1) is 6.92 Å². The van der Waals surface area contributed by atoms with Crippen LogP contribution in [-0.2, 0) is 9.59 Å². The van der Waals surface area contributed by atoms with Gasteiger partial charge in [0.1, 0.15) is 0 Å². The van der Waals surface area contributed by atoms with Crippen LogP contribution in [0.15, 0.2) is 0 Å². The molecule has 1 unspecified atom stereocenters. The molecule has 1 amide bonds. The lowest BCUT2D eigenvalue weighted by Crippen LogP contribution is -2.44. The van der Waals surface area contributed by atoms with Crippen molar-refractivity contribution in [2.45, 2.75) is 32.4 Å². The third kappa shape index (κ3) is 1.72. The minimum absolute atomic E-state index is 0.0444.